The number of amides is 1. The molecule has 6 nitrogen and oxygen atoms in total. The van der Waals surface area contributed by atoms with Gasteiger partial charge in [-0.25, -0.2) is 9.18 Å². The molecule has 7 heteroatoms. The zero-order valence-electron chi connectivity index (χ0n) is 10.7. The number of pyridine rings is 1. The van der Waals surface area contributed by atoms with Crippen molar-refractivity contribution in [2.75, 3.05) is 0 Å². The molecule has 0 atom stereocenters. The first-order valence-electron chi connectivity index (χ1n) is 5.90. The van der Waals surface area contributed by atoms with Crippen LogP contribution in [-0.2, 0) is 6.54 Å². The molecule has 2 aromatic rings. The van der Waals surface area contributed by atoms with Gasteiger partial charge in [0, 0.05) is 36.1 Å². The molecule has 2 rings (SSSR count). The SMILES string of the molecule is NC(=O)c1ccc(F)c(Cn2ccc(=O)c(C(=O)O)c2)c1. The number of rotatable bonds is 4. The zero-order chi connectivity index (χ0) is 15.6. The van der Waals surface area contributed by atoms with Crippen LogP contribution in [0.15, 0.2) is 41.5 Å². The van der Waals surface area contributed by atoms with E-state index in [1.165, 1.54) is 22.9 Å². The largest absolute Gasteiger partial charge is 0.477 e. The van der Waals surface area contributed by atoms with E-state index in [1.54, 1.807) is 0 Å². The van der Waals surface area contributed by atoms with E-state index >= 15 is 0 Å². The van der Waals surface area contributed by atoms with E-state index in [9.17, 15) is 18.8 Å². The van der Waals surface area contributed by atoms with Crippen molar-refractivity contribution in [2.24, 2.45) is 5.73 Å². The van der Waals surface area contributed by atoms with Gasteiger partial charge in [0.25, 0.3) is 0 Å². The first-order valence-corrected chi connectivity index (χ1v) is 5.90. The number of benzene rings is 1. The molecular formula is C14H11FN2O4. The molecule has 0 radical (unpaired) electrons. The summed E-state index contributed by atoms with van der Waals surface area (Å²) in [5.41, 5.74) is 4.38. The van der Waals surface area contributed by atoms with Crippen molar-refractivity contribution in [1.82, 2.24) is 4.57 Å². The number of aromatic nitrogens is 1. The van der Waals surface area contributed by atoms with Gasteiger partial charge in [-0.3, -0.25) is 9.59 Å². The van der Waals surface area contributed by atoms with Crippen molar-refractivity contribution in [1.29, 1.82) is 0 Å². The van der Waals surface area contributed by atoms with Gasteiger partial charge in [-0.2, -0.15) is 0 Å². The molecule has 0 saturated heterocycles. The predicted molar refractivity (Wildman–Crippen MR) is 71.7 cm³/mol. The molecule has 1 aromatic heterocycles. The molecule has 0 aliphatic carbocycles. The van der Waals surface area contributed by atoms with Gasteiger partial charge in [0.05, 0.1) is 0 Å². The lowest BCUT2D eigenvalue weighted by Gasteiger charge is -2.09. The highest BCUT2D eigenvalue weighted by molar-refractivity contribution is 5.92. The number of nitrogens with two attached hydrogens (primary N) is 1. The second-order valence-electron chi connectivity index (χ2n) is 4.37. The van der Waals surface area contributed by atoms with Gasteiger partial charge in [0.15, 0.2) is 5.43 Å². The van der Waals surface area contributed by atoms with Crippen molar-refractivity contribution in [3.63, 3.8) is 0 Å². The fourth-order valence-corrected chi connectivity index (χ4v) is 1.83. The number of halogens is 1. The highest BCUT2D eigenvalue weighted by atomic mass is 19.1. The molecular weight excluding hydrogens is 279 g/mol. The third-order valence-corrected chi connectivity index (χ3v) is 2.89. The maximum Gasteiger partial charge on any atom is 0.341 e. The van der Waals surface area contributed by atoms with Crippen LogP contribution in [0.2, 0.25) is 0 Å². The number of hydrogen-bond donors (Lipinski definition) is 2. The summed E-state index contributed by atoms with van der Waals surface area (Å²) in [6.45, 7) is -0.0342. The molecule has 0 saturated carbocycles. The van der Waals surface area contributed by atoms with Crippen molar-refractivity contribution in [2.45, 2.75) is 6.54 Å². The Labute approximate surface area is 118 Å². The Bertz CT molecular complexity index is 783. The smallest absolute Gasteiger partial charge is 0.341 e. The van der Waals surface area contributed by atoms with Crippen LogP contribution in [0.3, 0.4) is 0 Å². The Morgan fingerprint density at radius 1 is 1.29 bits per heavy atom. The third kappa shape index (κ3) is 3.14. The number of aromatic carboxylic acids is 1. The molecule has 0 fully saturated rings. The van der Waals surface area contributed by atoms with E-state index in [0.717, 1.165) is 18.3 Å². The molecule has 0 aliphatic rings. The molecule has 0 aliphatic heterocycles. The van der Waals surface area contributed by atoms with Crippen LogP contribution in [-0.4, -0.2) is 21.6 Å². The van der Waals surface area contributed by atoms with Crippen molar-refractivity contribution >= 4 is 11.9 Å². The molecule has 0 bridgehead atoms. The van der Waals surface area contributed by atoms with Gasteiger partial charge < -0.3 is 15.4 Å². The standard InChI is InChI=1S/C14H11FN2O4/c15-11-2-1-8(13(16)19)5-9(11)6-17-4-3-12(18)10(7-17)14(20)21/h1-5,7H,6H2,(H2,16,19)(H,20,21). The Morgan fingerprint density at radius 3 is 2.62 bits per heavy atom. The highest BCUT2D eigenvalue weighted by Crippen LogP contribution is 2.12. The maximum absolute atomic E-state index is 13.7. The molecule has 0 spiro atoms. The van der Waals surface area contributed by atoms with E-state index in [0.29, 0.717) is 0 Å². The number of carbonyl (C=O) groups is 2. The number of carboxylic acids is 1. The molecule has 0 unspecified atom stereocenters. The van der Waals surface area contributed by atoms with Gasteiger partial charge in [-0.05, 0) is 18.2 Å². The molecule has 1 heterocycles. The second kappa shape index (κ2) is 5.58. The van der Waals surface area contributed by atoms with Gasteiger partial charge in [0.2, 0.25) is 5.91 Å². The Balaban J connectivity index is 2.40. The van der Waals surface area contributed by atoms with E-state index in [2.05, 4.69) is 0 Å². The summed E-state index contributed by atoms with van der Waals surface area (Å²) in [5, 5.41) is 8.88. The summed E-state index contributed by atoms with van der Waals surface area (Å²) in [4.78, 5) is 33.3. The van der Waals surface area contributed by atoms with Crippen LogP contribution >= 0.6 is 0 Å². The van der Waals surface area contributed by atoms with E-state index in [1.807, 2.05) is 0 Å². The Morgan fingerprint density at radius 2 is 2.00 bits per heavy atom. The number of nitrogens with zero attached hydrogens (tertiary/aromatic N) is 1. The van der Waals surface area contributed by atoms with Crippen LogP contribution in [0.25, 0.3) is 0 Å². The fourth-order valence-electron chi connectivity index (χ4n) is 1.83. The fraction of sp³-hybridized carbons (Fsp3) is 0.0714. The lowest BCUT2D eigenvalue weighted by atomic mass is 10.1. The Hall–Kier alpha value is -2.96. The summed E-state index contributed by atoms with van der Waals surface area (Å²) in [7, 11) is 0. The van der Waals surface area contributed by atoms with Crippen LogP contribution in [0.5, 0.6) is 0 Å². The van der Waals surface area contributed by atoms with Crippen molar-refractivity contribution in [3.8, 4) is 0 Å². The lowest BCUT2D eigenvalue weighted by molar-refractivity contribution is 0.0694. The molecule has 1 amide bonds. The summed E-state index contributed by atoms with van der Waals surface area (Å²) >= 11 is 0. The van der Waals surface area contributed by atoms with E-state index in [-0.39, 0.29) is 17.7 Å². The summed E-state index contributed by atoms with van der Waals surface area (Å²) in [6.07, 6.45) is 2.45. The minimum Gasteiger partial charge on any atom is -0.477 e. The minimum absolute atomic E-state index is 0.0342. The first-order chi connectivity index (χ1) is 9.88. The normalized spacial score (nSPS) is 10.3. The summed E-state index contributed by atoms with van der Waals surface area (Å²) < 4.78 is 15.1. The summed E-state index contributed by atoms with van der Waals surface area (Å²) in [6, 6.07) is 4.74. The van der Waals surface area contributed by atoms with Crippen molar-refractivity contribution in [3.05, 3.63) is 69.4 Å². The molecule has 1 aromatic carbocycles. The predicted octanol–water partition coefficient (Wildman–Crippen LogP) is 0.833. The Kier molecular flexibility index (Phi) is 3.84. The summed E-state index contributed by atoms with van der Waals surface area (Å²) in [5.74, 6) is -2.61. The molecule has 21 heavy (non-hydrogen) atoms. The zero-order valence-corrected chi connectivity index (χ0v) is 10.7. The van der Waals surface area contributed by atoms with Crippen LogP contribution in [0.1, 0.15) is 26.3 Å². The van der Waals surface area contributed by atoms with Crippen LogP contribution in [0, 0.1) is 5.82 Å². The van der Waals surface area contributed by atoms with Gasteiger partial charge in [-0.15, -0.1) is 0 Å². The van der Waals surface area contributed by atoms with E-state index in [4.69, 9.17) is 10.8 Å². The lowest BCUT2D eigenvalue weighted by Crippen LogP contribution is -2.17. The van der Waals surface area contributed by atoms with Gasteiger partial charge >= 0.3 is 5.97 Å². The van der Waals surface area contributed by atoms with Crippen LogP contribution < -0.4 is 11.2 Å². The maximum atomic E-state index is 13.7. The molecule has 108 valence electrons. The monoisotopic (exact) mass is 290 g/mol. The molecule has 3 N–H and O–H groups in total. The number of hydrogen-bond acceptors (Lipinski definition) is 3. The number of primary amides is 1. The highest BCUT2D eigenvalue weighted by Gasteiger charge is 2.11. The third-order valence-electron chi connectivity index (χ3n) is 2.89. The number of carboxylic acid groups (broad SMARTS) is 1. The minimum atomic E-state index is -1.36. The van der Waals surface area contributed by atoms with Gasteiger partial charge in [0.1, 0.15) is 11.4 Å². The quantitative estimate of drug-likeness (QED) is 0.870. The topological polar surface area (TPSA) is 102 Å². The van der Waals surface area contributed by atoms with Crippen molar-refractivity contribution < 1.29 is 19.1 Å². The van der Waals surface area contributed by atoms with Gasteiger partial charge in [-0.1, -0.05) is 0 Å². The first kappa shape index (κ1) is 14.4. The second-order valence-corrected chi connectivity index (χ2v) is 4.37. The number of carbonyl (C=O) groups excluding carboxylic acids is 1. The van der Waals surface area contributed by atoms with E-state index < -0.39 is 28.7 Å². The van der Waals surface area contributed by atoms with Crippen LogP contribution in [0.4, 0.5) is 4.39 Å². The average Bonchev–Trinajstić information content (AvgIpc) is 2.42. The average molecular weight is 290 g/mol.